The normalized spacial score (nSPS) is 11.6. The number of carbonyl (C=O) groups is 1. The molecule has 0 fully saturated rings. The zero-order valence-electron chi connectivity index (χ0n) is 7.63. The van der Waals surface area contributed by atoms with Crippen molar-refractivity contribution in [2.45, 2.75) is 27.2 Å². The lowest BCUT2D eigenvalue weighted by molar-refractivity contribution is -0.114. The van der Waals surface area contributed by atoms with Gasteiger partial charge in [0.2, 0.25) is 0 Å². The van der Waals surface area contributed by atoms with E-state index in [4.69, 9.17) is 0 Å². The van der Waals surface area contributed by atoms with Crippen LogP contribution in [0.15, 0.2) is 6.20 Å². The first kappa shape index (κ1) is 9.39. The molecule has 0 atom stereocenters. The molecule has 1 aromatic heterocycles. The monoisotopic (exact) mass is 183 g/mol. The van der Waals surface area contributed by atoms with E-state index in [1.807, 2.05) is 27.0 Å². The van der Waals surface area contributed by atoms with Gasteiger partial charge in [0.15, 0.2) is 0 Å². The lowest BCUT2D eigenvalue weighted by Gasteiger charge is -2.13. The number of nitrogens with zero attached hydrogens (tertiary/aromatic N) is 1. The maximum atomic E-state index is 10.6. The molecule has 0 saturated carbocycles. The minimum absolute atomic E-state index is 0.274. The van der Waals surface area contributed by atoms with Crippen molar-refractivity contribution < 1.29 is 4.79 Å². The van der Waals surface area contributed by atoms with Crippen molar-refractivity contribution >= 4 is 17.6 Å². The fraction of sp³-hybridized carbons (Fsp3) is 0.556. The predicted molar refractivity (Wildman–Crippen MR) is 50.4 cm³/mol. The van der Waals surface area contributed by atoms with Gasteiger partial charge in [-0.25, -0.2) is 4.98 Å². The summed E-state index contributed by atoms with van der Waals surface area (Å²) in [6.07, 6.45) is 3.58. The van der Waals surface area contributed by atoms with Gasteiger partial charge in [-0.1, -0.05) is 13.8 Å². The fourth-order valence-corrected chi connectivity index (χ4v) is 1.94. The summed E-state index contributed by atoms with van der Waals surface area (Å²) >= 11 is 1.66. The van der Waals surface area contributed by atoms with E-state index in [1.165, 1.54) is 4.88 Å². The van der Waals surface area contributed by atoms with Crippen LogP contribution >= 0.6 is 11.3 Å². The van der Waals surface area contributed by atoms with Crippen LogP contribution in [0.4, 0.5) is 0 Å². The van der Waals surface area contributed by atoms with Gasteiger partial charge in [-0.05, 0) is 6.92 Å². The van der Waals surface area contributed by atoms with Crippen LogP contribution in [0.25, 0.3) is 0 Å². The second kappa shape index (κ2) is 3.35. The van der Waals surface area contributed by atoms with Gasteiger partial charge < -0.3 is 4.79 Å². The molecule has 0 aliphatic heterocycles. The van der Waals surface area contributed by atoms with Crippen molar-refractivity contribution in [1.82, 2.24) is 4.98 Å². The summed E-state index contributed by atoms with van der Waals surface area (Å²) in [4.78, 5) is 16.0. The average Bonchev–Trinajstić information content (AvgIpc) is 2.35. The third-order valence-corrected chi connectivity index (χ3v) is 2.51. The summed E-state index contributed by atoms with van der Waals surface area (Å²) in [5.41, 5.74) is -0.274. The highest BCUT2D eigenvalue weighted by atomic mass is 32.1. The second-order valence-electron chi connectivity index (χ2n) is 3.65. The molecule has 1 aromatic rings. The lowest BCUT2D eigenvalue weighted by atomic mass is 9.92. The van der Waals surface area contributed by atoms with Crippen molar-refractivity contribution in [1.29, 1.82) is 0 Å². The van der Waals surface area contributed by atoms with Gasteiger partial charge in [0.25, 0.3) is 0 Å². The summed E-state index contributed by atoms with van der Waals surface area (Å²) in [5.74, 6) is 0. The van der Waals surface area contributed by atoms with E-state index in [-0.39, 0.29) is 5.41 Å². The van der Waals surface area contributed by atoms with E-state index in [2.05, 4.69) is 4.98 Å². The van der Waals surface area contributed by atoms with Crippen LogP contribution in [0.1, 0.15) is 23.7 Å². The number of aromatic nitrogens is 1. The predicted octanol–water partition coefficient (Wildman–Crippen LogP) is 2.22. The highest BCUT2D eigenvalue weighted by Gasteiger charge is 2.18. The Balaban J connectivity index is 2.69. The summed E-state index contributed by atoms with van der Waals surface area (Å²) in [6, 6.07) is 0. The van der Waals surface area contributed by atoms with Gasteiger partial charge in [0, 0.05) is 22.9 Å². The van der Waals surface area contributed by atoms with Crippen molar-refractivity contribution in [2.75, 3.05) is 0 Å². The quantitative estimate of drug-likeness (QED) is 0.672. The molecule has 0 unspecified atom stereocenters. The number of hydrogen-bond donors (Lipinski definition) is 0. The van der Waals surface area contributed by atoms with Gasteiger partial charge in [-0.15, -0.1) is 11.3 Å². The fourth-order valence-electron chi connectivity index (χ4n) is 0.915. The Kier molecular flexibility index (Phi) is 2.62. The molecule has 0 aliphatic rings. The zero-order valence-corrected chi connectivity index (χ0v) is 8.44. The number of aldehydes is 1. The highest BCUT2D eigenvalue weighted by molar-refractivity contribution is 7.11. The van der Waals surface area contributed by atoms with Crippen LogP contribution in [0.2, 0.25) is 0 Å². The molecule has 0 saturated heterocycles. The maximum absolute atomic E-state index is 10.6. The van der Waals surface area contributed by atoms with Crippen LogP contribution in [0.5, 0.6) is 0 Å². The minimum atomic E-state index is -0.274. The lowest BCUT2D eigenvalue weighted by Crippen LogP contribution is -2.16. The minimum Gasteiger partial charge on any atom is -0.303 e. The van der Waals surface area contributed by atoms with Gasteiger partial charge in [-0.2, -0.15) is 0 Å². The Morgan fingerprint density at radius 3 is 2.75 bits per heavy atom. The Hall–Kier alpha value is -0.700. The van der Waals surface area contributed by atoms with E-state index in [1.54, 1.807) is 11.3 Å². The van der Waals surface area contributed by atoms with Gasteiger partial charge in [0.05, 0.1) is 5.01 Å². The second-order valence-corrected chi connectivity index (χ2v) is 4.97. The number of aryl methyl sites for hydroxylation is 1. The van der Waals surface area contributed by atoms with Crippen molar-refractivity contribution in [2.24, 2.45) is 5.41 Å². The van der Waals surface area contributed by atoms with E-state index in [9.17, 15) is 4.79 Å². The number of hydrogen-bond acceptors (Lipinski definition) is 3. The Morgan fingerprint density at radius 2 is 2.33 bits per heavy atom. The topological polar surface area (TPSA) is 30.0 Å². The maximum Gasteiger partial charge on any atom is 0.126 e. The molecule has 12 heavy (non-hydrogen) atoms. The molecule has 0 spiro atoms. The standard InChI is InChI=1S/C9H13NOS/c1-7-5-10-8(12-7)4-9(2,3)6-11/h5-6H,4H2,1-3H3. The number of carbonyl (C=O) groups excluding carboxylic acids is 1. The summed E-state index contributed by atoms with van der Waals surface area (Å²) in [5, 5.41) is 1.05. The van der Waals surface area contributed by atoms with Crippen molar-refractivity contribution in [3.8, 4) is 0 Å². The largest absolute Gasteiger partial charge is 0.303 e. The molecule has 0 aliphatic carbocycles. The van der Waals surface area contributed by atoms with Crippen LogP contribution in [-0.4, -0.2) is 11.3 Å². The first-order valence-electron chi connectivity index (χ1n) is 3.91. The molecule has 66 valence electrons. The molecule has 3 heteroatoms. The number of rotatable bonds is 3. The summed E-state index contributed by atoms with van der Waals surface area (Å²) in [7, 11) is 0. The molecular weight excluding hydrogens is 170 g/mol. The zero-order chi connectivity index (χ0) is 9.19. The molecule has 2 nitrogen and oxygen atoms in total. The van der Waals surface area contributed by atoms with Crippen molar-refractivity contribution in [3.05, 3.63) is 16.1 Å². The molecule has 1 rings (SSSR count). The first-order chi connectivity index (χ1) is 5.53. The van der Waals surface area contributed by atoms with E-state index < -0.39 is 0 Å². The first-order valence-corrected chi connectivity index (χ1v) is 4.73. The Morgan fingerprint density at radius 1 is 1.67 bits per heavy atom. The molecule has 0 amide bonds. The van der Waals surface area contributed by atoms with E-state index in [0.717, 1.165) is 17.7 Å². The SMILES string of the molecule is Cc1cnc(CC(C)(C)C=O)s1. The smallest absolute Gasteiger partial charge is 0.126 e. The number of thiazole rings is 1. The molecule has 0 radical (unpaired) electrons. The van der Waals surface area contributed by atoms with E-state index in [0.29, 0.717) is 0 Å². The molecule has 0 N–H and O–H groups in total. The summed E-state index contributed by atoms with van der Waals surface area (Å²) < 4.78 is 0. The summed E-state index contributed by atoms with van der Waals surface area (Å²) in [6.45, 7) is 5.88. The van der Waals surface area contributed by atoms with Gasteiger partial charge >= 0.3 is 0 Å². The van der Waals surface area contributed by atoms with Gasteiger partial charge in [0.1, 0.15) is 6.29 Å². The van der Waals surface area contributed by atoms with Crippen molar-refractivity contribution in [3.63, 3.8) is 0 Å². The Labute approximate surface area is 76.6 Å². The van der Waals surface area contributed by atoms with Crippen LogP contribution < -0.4 is 0 Å². The molecule has 0 bridgehead atoms. The van der Waals surface area contributed by atoms with E-state index >= 15 is 0 Å². The molecule has 1 heterocycles. The van der Waals surface area contributed by atoms with Crippen LogP contribution in [0, 0.1) is 12.3 Å². The van der Waals surface area contributed by atoms with Crippen LogP contribution in [-0.2, 0) is 11.2 Å². The Bertz CT molecular complexity index is 278. The molecule has 0 aromatic carbocycles. The van der Waals surface area contributed by atoms with Crippen LogP contribution in [0.3, 0.4) is 0 Å². The third kappa shape index (κ3) is 2.41. The third-order valence-electron chi connectivity index (χ3n) is 1.60. The highest BCUT2D eigenvalue weighted by Crippen LogP contribution is 2.22. The molecular formula is C9H13NOS. The van der Waals surface area contributed by atoms with Gasteiger partial charge in [-0.3, -0.25) is 0 Å². The average molecular weight is 183 g/mol.